The van der Waals surface area contributed by atoms with Gasteiger partial charge in [-0.3, -0.25) is 4.79 Å². The molecule has 3 aromatic rings. The summed E-state index contributed by atoms with van der Waals surface area (Å²) in [6.45, 7) is 0.0244. The highest BCUT2D eigenvalue weighted by atomic mass is 16.7. The molecule has 0 aliphatic heterocycles. The Kier molecular flexibility index (Phi) is 4.77. The highest BCUT2D eigenvalue weighted by Crippen LogP contribution is 2.28. The molecule has 5 heteroatoms. The second-order valence-corrected chi connectivity index (χ2v) is 5.46. The van der Waals surface area contributed by atoms with Gasteiger partial charge in [-0.1, -0.05) is 36.4 Å². The molecule has 0 radical (unpaired) electrons. The molecule has 126 valence electrons. The van der Waals surface area contributed by atoms with Crippen LogP contribution in [0, 0.1) is 0 Å². The Bertz CT molecular complexity index is 928. The maximum atomic E-state index is 12.9. The van der Waals surface area contributed by atoms with Gasteiger partial charge in [-0.25, -0.2) is 4.79 Å². The molecule has 1 N–H and O–H groups in total. The van der Waals surface area contributed by atoms with E-state index in [1.807, 2.05) is 24.3 Å². The van der Waals surface area contributed by atoms with E-state index >= 15 is 0 Å². The van der Waals surface area contributed by atoms with Gasteiger partial charge in [0.1, 0.15) is 5.75 Å². The van der Waals surface area contributed by atoms with E-state index in [1.165, 1.54) is 31.4 Å². The topological polar surface area (TPSA) is 72.8 Å². The third-order valence-corrected chi connectivity index (χ3v) is 3.82. The number of aromatic carboxylic acids is 1. The van der Waals surface area contributed by atoms with Crippen LogP contribution in [0.15, 0.2) is 60.7 Å². The van der Waals surface area contributed by atoms with Crippen LogP contribution in [0.1, 0.15) is 26.3 Å². The summed E-state index contributed by atoms with van der Waals surface area (Å²) in [5.41, 5.74) is 0.923. The summed E-state index contributed by atoms with van der Waals surface area (Å²) in [7, 11) is 1.51. The van der Waals surface area contributed by atoms with Crippen molar-refractivity contribution in [1.29, 1.82) is 0 Å². The SMILES string of the molecule is COCOc1cc2ccccc2cc1C(=O)c1ccc(C(=O)O)cc1. The van der Waals surface area contributed by atoms with Gasteiger partial charge in [0.05, 0.1) is 11.1 Å². The summed E-state index contributed by atoms with van der Waals surface area (Å²) in [6.07, 6.45) is 0. The lowest BCUT2D eigenvalue weighted by Gasteiger charge is -2.12. The number of carboxylic acid groups (broad SMARTS) is 1. The van der Waals surface area contributed by atoms with Gasteiger partial charge in [0.25, 0.3) is 0 Å². The molecule has 5 nitrogen and oxygen atoms in total. The van der Waals surface area contributed by atoms with Gasteiger partial charge in [0.15, 0.2) is 12.6 Å². The molecule has 0 aromatic heterocycles. The Hall–Kier alpha value is -3.18. The summed E-state index contributed by atoms with van der Waals surface area (Å²) >= 11 is 0. The van der Waals surface area contributed by atoms with Gasteiger partial charge in [-0.05, 0) is 35.0 Å². The van der Waals surface area contributed by atoms with Crippen LogP contribution >= 0.6 is 0 Å². The lowest BCUT2D eigenvalue weighted by atomic mass is 9.98. The van der Waals surface area contributed by atoms with E-state index in [9.17, 15) is 9.59 Å². The molecule has 0 fully saturated rings. The molecule has 0 spiro atoms. The number of hydrogen-bond acceptors (Lipinski definition) is 4. The van der Waals surface area contributed by atoms with Crippen LogP contribution in [0.25, 0.3) is 10.8 Å². The second-order valence-electron chi connectivity index (χ2n) is 5.46. The van der Waals surface area contributed by atoms with Crippen molar-refractivity contribution >= 4 is 22.5 Å². The quantitative estimate of drug-likeness (QED) is 0.548. The smallest absolute Gasteiger partial charge is 0.335 e. The molecule has 0 unspecified atom stereocenters. The van der Waals surface area contributed by atoms with Crippen molar-refractivity contribution in [2.24, 2.45) is 0 Å². The highest BCUT2D eigenvalue weighted by molar-refractivity contribution is 6.13. The fourth-order valence-electron chi connectivity index (χ4n) is 2.56. The Morgan fingerprint density at radius 2 is 1.52 bits per heavy atom. The molecule has 25 heavy (non-hydrogen) atoms. The van der Waals surface area contributed by atoms with Crippen LogP contribution in [0.5, 0.6) is 5.75 Å². The Labute approximate surface area is 144 Å². The second kappa shape index (κ2) is 7.15. The zero-order valence-electron chi connectivity index (χ0n) is 13.6. The van der Waals surface area contributed by atoms with Crippen LogP contribution in [-0.2, 0) is 4.74 Å². The molecule has 0 saturated heterocycles. The van der Waals surface area contributed by atoms with Crippen molar-refractivity contribution in [2.45, 2.75) is 0 Å². The van der Waals surface area contributed by atoms with Crippen LogP contribution < -0.4 is 4.74 Å². The van der Waals surface area contributed by atoms with Crippen molar-refractivity contribution in [2.75, 3.05) is 13.9 Å². The van der Waals surface area contributed by atoms with Crippen LogP contribution in [-0.4, -0.2) is 30.8 Å². The molecule has 3 rings (SSSR count). The van der Waals surface area contributed by atoms with E-state index < -0.39 is 5.97 Å². The first kappa shape index (κ1) is 16.7. The maximum absolute atomic E-state index is 12.9. The third kappa shape index (κ3) is 3.51. The number of ether oxygens (including phenoxy) is 2. The number of carboxylic acids is 1. The first-order valence-corrected chi connectivity index (χ1v) is 7.62. The van der Waals surface area contributed by atoms with E-state index in [0.717, 1.165) is 10.8 Å². The number of benzene rings is 3. The highest BCUT2D eigenvalue weighted by Gasteiger charge is 2.17. The molecule has 0 bridgehead atoms. The molecule has 0 saturated carbocycles. The fourth-order valence-corrected chi connectivity index (χ4v) is 2.56. The number of hydrogen-bond donors (Lipinski definition) is 1. The first-order valence-electron chi connectivity index (χ1n) is 7.62. The number of fused-ring (bicyclic) bond motifs is 1. The van der Waals surface area contributed by atoms with Gasteiger partial charge >= 0.3 is 5.97 Å². The van der Waals surface area contributed by atoms with Gasteiger partial charge in [0, 0.05) is 12.7 Å². The predicted molar refractivity (Wildman–Crippen MR) is 93.3 cm³/mol. The lowest BCUT2D eigenvalue weighted by molar-refractivity contribution is 0.0504. The Morgan fingerprint density at radius 1 is 0.920 bits per heavy atom. The van der Waals surface area contributed by atoms with Gasteiger partial charge < -0.3 is 14.6 Å². The number of carbonyl (C=O) groups is 2. The molecule has 3 aromatic carbocycles. The monoisotopic (exact) mass is 336 g/mol. The minimum Gasteiger partial charge on any atom is -0.478 e. The first-order chi connectivity index (χ1) is 12.1. The van der Waals surface area contributed by atoms with Gasteiger partial charge in [-0.2, -0.15) is 0 Å². The summed E-state index contributed by atoms with van der Waals surface area (Å²) in [5, 5.41) is 10.8. The van der Waals surface area contributed by atoms with E-state index in [1.54, 1.807) is 12.1 Å². The van der Waals surface area contributed by atoms with Crippen molar-refractivity contribution in [1.82, 2.24) is 0 Å². The molecule has 0 heterocycles. The minimum absolute atomic E-state index is 0.0244. The van der Waals surface area contributed by atoms with Crippen LogP contribution in [0.2, 0.25) is 0 Å². The maximum Gasteiger partial charge on any atom is 0.335 e. The molecule has 0 aliphatic carbocycles. The predicted octanol–water partition coefficient (Wildman–Crippen LogP) is 3.75. The van der Waals surface area contributed by atoms with E-state index in [-0.39, 0.29) is 18.1 Å². The number of rotatable bonds is 6. The summed E-state index contributed by atoms with van der Waals surface area (Å²) in [6, 6.07) is 17.1. The van der Waals surface area contributed by atoms with Crippen molar-refractivity contribution in [3.63, 3.8) is 0 Å². The van der Waals surface area contributed by atoms with Gasteiger partial charge in [0.2, 0.25) is 0 Å². The van der Waals surface area contributed by atoms with Crippen molar-refractivity contribution in [3.8, 4) is 5.75 Å². The summed E-state index contributed by atoms with van der Waals surface area (Å²) in [5.74, 6) is -0.851. The summed E-state index contributed by atoms with van der Waals surface area (Å²) < 4.78 is 10.5. The van der Waals surface area contributed by atoms with Gasteiger partial charge in [-0.15, -0.1) is 0 Å². The molecular formula is C20H16O5. The zero-order chi connectivity index (χ0) is 17.8. The summed E-state index contributed by atoms with van der Waals surface area (Å²) in [4.78, 5) is 23.8. The van der Waals surface area contributed by atoms with Crippen LogP contribution in [0.3, 0.4) is 0 Å². The minimum atomic E-state index is -1.03. The average Bonchev–Trinajstić information content (AvgIpc) is 2.65. The van der Waals surface area contributed by atoms with Crippen molar-refractivity contribution in [3.05, 3.63) is 77.4 Å². The molecule has 0 amide bonds. The third-order valence-electron chi connectivity index (χ3n) is 3.82. The number of ketones is 1. The van der Waals surface area contributed by atoms with Crippen LogP contribution in [0.4, 0.5) is 0 Å². The fraction of sp³-hybridized carbons (Fsp3) is 0.100. The standard InChI is InChI=1S/C20H16O5/c1-24-12-25-18-11-16-5-3-2-4-15(16)10-17(18)19(21)13-6-8-14(9-7-13)20(22)23/h2-11H,12H2,1H3,(H,22,23). The Balaban J connectivity index is 2.05. The van der Waals surface area contributed by atoms with E-state index in [4.69, 9.17) is 14.6 Å². The number of methoxy groups -OCH3 is 1. The zero-order valence-corrected chi connectivity index (χ0v) is 13.6. The largest absolute Gasteiger partial charge is 0.478 e. The molecule has 0 atom stereocenters. The van der Waals surface area contributed by atoms with E-state index in [2.05, 4.69) is 0 Å². The Morgan fingerprint density at radius 3 is 2.12 bits per heavy atom. The lowest BCUT2D eigenvalue weighted by Crippen LogP contribution is -2.08. The number of carbonyl (C=O) groups excluding carboxylic acids is 1. The molecular weight excluding hydrogens is 320 g/mol. The average molecular weight is 336 g/mol. The normalized spacial score (nSPS) is 10.6. The molecule has 0 aliphatic rings. The van der Waals surface area contributed by atoms with Crippen molar-refractivity contribution < 1.29 is 24.2 Å². The van der Waals surface area contributed by atoms with E-state index in [0.29, 0.717) is 16.9 Å².